The van der Waals surface area contributed by atoms with Crippen LogP contribution < -0.4 is 4.90 Å². The minimum Gasteiger partial charge on any atom is -0.380 e. The first-order valence-electron chi connectivity index (χ1n) is 5.77. The van der Waals surface area contributed by atoms with Gasteiger partial charge >= 0.3 is 0 Å². The van der Waals surface area contributed by atoms with E-state index < -0.39 is 0 Å². The molecular formula is C13H16FNO2. The van der Waals surface area contributed by atoms with Crippen molar-refractivity contribution in [2.45, 2.75) is 18.9 Å². The molecule has 0 aromatic heterocycles. The Hall–Kier alpha value is -1.42. The number of methoxy groups -OCH3 is 1. The topological polar surface area (TPSA) is 29.5 Å². The van der Waals surface area contributed by atoms with Crippen LogP contribution in [0.2, 0.25) is 0 Å². The fourth-order valence-electron chi connectivity index (χ4n) is 2.29. The Bertz CT molecular complexity index is 408. The number of anilines is 1. The quantitative estimate of drug-likeness (QED) is 0.755. The molecule has 1 unspecified atom stereocenters. The van der Waals surface area contributed by atoms with Crippen molar-refractivity contribution in [2.75, 3.05) is 25.1 Å². The second-order valence-electron chi connectivity index (χ2n) is 4.24. The number of ether oxygens (including phenoxy) is 1. The molecule has 1 saturated heterocycles. The van der Waals surface area contributed by atoms with Crippen molar-refractivity contribution >= 4 is 12.0 Å². The minimum absolute atomic E-state index is 0.114. The molecule has 0 saturated carbocycles. The molecule has 0 aliphatic carbocycles. The number of benzene rings is 1. The molecule has 0 spiro atoms. The van der Waals surface area contributed by atoms with E-state index in [1.807, 2.05) is 4.90 Å². The predicted molar refractivity (Wildman–Crippen MR) is 64.0 cm³/mol. The molecule has 0 amide bonds. The number of rotatable bonds is 3. The molecule has 1 aliphatic rings. The van der Waals surface area contributed by atoms with Crippen LogP contribution in [0.5, 0.6) is 0 Å². The smallest absolute Gasteiger partial charge is 0.152 e. The zero-order chi connectivity index (χ0) is 12.3. The van der Waals surface area contributed by atoms with Crippen molar-refractivity contribution in [3.63, 3.8) is 0 Å². The van der Waals surface area contributed by atoms with E-state index in [0.29, 0.717) is 24.1 Å². The molecule has 0 radical (unpaired) electrons. The fraction of sp³-hybridized carbons (Fsp3) is 0.462. The summed E-state index contributed by atoms with van der Waals surface area (Å²) < 4.78 is 19.1. The third-order valence-corrected chi connectivity index (χ3v) is 3.17. The second kappa shape index (κ2) is 5.27. The van der Waals surface area contributed by atoms with Crippen LogP contribution in [0.1, 0.15) is 23.2 Å². The van der Waals surface area contributed by atoms with Gasteiger partial charge < -0.3 is 9.64 Å². The van der Waals surface area contributed by atoms with Crippen LogP contribution in [-0.2, 0) is 4.74 Å². The second-order valence-corrected chi connectivity index (χ2v) is 4.24. The predicted octanol–water partition coefficient (Wildman–Crippen LogP) is 2.25. The number of piperidine rings is 1. The Morgan fingerprint density at radius 2 is 2.35 bits per heavy atom. The third-order valence-electron chi connectivity index (χ3n) is 3.17. The SMILES string of the molecule is COC1CCCN(c2c(F)cccc2C=O)C1. The molecule has 0 N–H and O–H groups in total. The molecule has 1 aromatic carbocycles. The average molecular weight is 237 g/mol. The highest BCUT2D eigenvalue weighted by atomic mass is 19.1. The van der Waals surface area contributed by atoms with Gasteiger partial charge in [-0.2, -0.15) is 0 Å². The average Bonchev–Trinajstić information content (AvgIpc) is 2.38. The van der Waals surface area contributed by atoms with E-state index in [2.05, 4.69) is 0 Å². The summed E-state index contributed by atoms with van der Waals surface area (Å²) in [6.07, 6.45) is 2.75. The molecule has 0 bridgehead atoms. The maximum atomic E-state index is 13.8. The number of halogens is 1. The van der Waals surface area contributed by atoms with Crippen LogP contribution in [0.15, 0.2) is 18.2 Å². The molecule has 1 aromatic rings. The first-order valence-corrected chi connectivity index (χ1v) is 5.77. The van der Waals surface area contributed by atoms with Crippen LogP contribution in [-0.4, -0.2) is 32.6 Å². The maximum absolute atomic E-state index is 13.8. The number of carbonyl (C=O) groups excluding carboxylic acids is 1. The van der Waals surface area contributed by atoms with Gasteiger partial charge in [-0.1, -0.05) is 6.07 Å². The summed E-state index contributed by atoms with van der Waals surface area (Å²) in [6, 6.07) is 4.58. The Morgan fingerprint density at radius 3 is 3.06 bits per heavy atom. The highest BCUT2D eigenvalue weighted by molar-refractivity contribution is 5.84. The van der Waals surface area contributed by atoms with Crippen molar-refractivity contribution in [3.8, 4) is 0 Å². The summed E-state index contributed by atoms with van der Waals surface area (Å²) >= 11 is 0. The van der Waals surface area contributed by atoms with Crippen molar-refractivity contribution in [2.24, 2.45) is 0 Å². The number of aldehydes is 1. The van der Waals surface area contributed by atoms with E-state index in [1.165, 1.54) is 6.07 Å². The maximum Gasteiger partial charge on any atom is 0.152 e. The van der Waals surface area contributed by atoms with E-state index >= 15 is 0 Å². The highest BCUT2D eigenvalue weighted by Gasteiger charge is 2.23. The molecule has 3 nitrogen and oxygen atoms in total. The normalized spacial score (nSPS) is 20.4. The molecule has 4 heteroatoms. The van der Waals surface area contributed by atoms with Crippen molar-refractivity contribution in [1.82, 2.24) is 0 Å². The van der Waals surface area contributed by atoms with Crippen LogP contribution >= 0.6 is 0 Å². The van der Waals surface area contributed by atoms with E-state index in [-0.39, 0.29) is 11.9 Å². The van der Waals surface area contributed by atoms with Gasteiger partial charge in [0.25, 0.3) is 0 Å². The van der Waals surface area contributed by atoms with Crippen LogP contribution in [0.25, 0.3) is 0 Å². The van der Waals surface area contributed by atoms with Crippen LogP contribution in [0.3, 0.4) is 0 Å². The van der Waals surface area contributed by atoms with Gasteiger partial charge in [0.05, 0.1) is 11.8 Å². The monoisotopic (exact) mass is 237 g/mol. The third kappa shape index (κ3) is 2.47. The summed E-state index contributed by atoms with van der Waals surface area (Å²) in [6.45, 7) is 1.40. The zero-order valence-corrected chi connectivity index (χ0v) is 9.86. The lowest BCUT2D eigenvalue weighted by atomic mass is 10.1. The van der Waals surface area contributed by atoms with E-state index in [0.717, 1.165) is 19.4 Å². The first kappa shape index (κ1) is 12.0. The summed E-state index contributed by atoms with van der Waals surface area (Å²) in [5, 5.41) is 0. The summed E-state index contributed by atoms with van der Waals surface area (Å²) in [5.74, 6) is -0.341. The van der Waals surface area contributed by atoms with Gasteiger partial charge in [-0.25, -0.2) is 4.39 Å². The highest BCUT2D eigenvalue weighted by Crippen LogP contribution is 2.27. The molecule has 92 valence electrons. The van der Waals surface area contributed by atoms with Gasteiger partial charge in [-0.05, 0) is 25.0 Å². The summed E-state index contributed by atoms with van der Waals surface area (Å²) in [5.41, 5.74) is 0.811. The van der Waals surface area contributed by atoms with Gasteiger partial charge in [0.2, 0.25) is 0 Å². The first-order chi connectivity index (χ1) is 8.26. The van der Waals surface area contributed by atoms with Gasteiger partial charge in [-0.15, -0.1) is 0 Å². The van der Waals surface area contributed by atoms with E-state index in [9.17, 15) is 9.18 Å². The number of para-hydroxylation sites is 1. The number of hydrogen-bond donors (Lipinski definition) is 0. The molecule has 1 atom stereocenters. The van der Waals surface area contributed by atoms with Crippen LogP contribution in [0.4, 0.5) is 10.1 Å². The van der Waals surface area contributed by atoms with E-state index in [1.54, 1.807) is 19.2 Å². The number of nitrogens with zero attached hydrogens (tertiary/aromatic N) is 1. The van der Waals surface area contributed by atoms with Gasteiger partial charge in [0, 0.05) is 25.8 Å². The Morgan fingerprint density at radius 1 is 1.53 bits per heavy atom. The Balaban J connectivity index is 2.29. The van der Waals surface area contributed by atoms with Crippen molar-refractivity contribution in [3.05, 3.63) is 29.6 Å². The van der Waals surface area contributed by atoms with Crippen molar-refractivity contribution in [1.29, 1.82) is 0 Å². The summed E-state index contributed by atoms with van der Waals surface area (Å²) in [4.78, 5) is 12.8. The van der Waals surface area contributed by atoms with Crippen LogP contribution in [0, 0.1) is 5.82 Å². The molecule has 1 aliphatic heterocycles. The fourth-order valence-corrected chi connectivity index (χ4v) is 2.29. The number of hydrogen-bond acceptors (Lipinski definition) is 3. The zero-order valence-electron chi connectivity index (χ0n) is 9.86. The standard InChI is InChI=1S/C13H16FNO2/c1-17-11-5-3-7-15(8-11)13-10(9-16)4-2-6-12(13)14/h2,4,6,9,11H,3,5,7-8H2,1H3. The van der Waals surface area contributed by atoms with E-state index in [4.69, 9.17) is 4.74 Å². The van der Waals surface area contributed by atoms with Gasteiger partial charge in [0.1, 0.15) is 5.82 Å². The number of carbonyl (C=O) groups is 1. The lowest BCUT2D eigenvalue weighted by Gasteiger charge is -2.34. The largest absolute Gasteiger partial charge is 0.380 e. The van der Waals surface area contributed by atoms with Crippen molar-refractivity contribution < 1.29 is 13.9 Å². The lowest BCUT2D eigenvalue weighted by molar-refractivity contribution is 0.0890. The molecular weight excluding hydrogens is 221 g/mol. The molecule has 1 heterocycles. The van der Waals surface area contributed by atoms with Gasteiger partial charge in [-0.3, -0.25) is 4.79 Å². The Labute approximate surface area is 100 Å². The lowest BCUT2D eigenvalue weighted by Crippen LogP contribution is -2.40. The molecule has 17 heavy (non-hydrogen) atoms. The minimum atomic E-state index is -0.341. The molecule has 1 fully saturated rings. The Kier molecular flexibility index (Phi) is 3.74. The summed E-state index contributed by atoms with van der Waals surface area (Å²) in [7, 11) is 1.66. The van der Waals surface area contributed by atoms with Gasteiger partial charge in [0.15, 0.2) is 6.29 Å². The molecule has 2 rings (SSSR count).